The minimum Gasteiger partial charge on any atom is -0.452 e. The molecule has 0 spiro atoms. The number of hydrogen-bond donors (Lipinski definition) is 1. The standard InChI is InChI=1S/C19H21NO3/c1-3-14(2)15-9-11-17(12-10-15)20-18(21)13-23-19(22)16-7-5-4-6-8-16/h4-12,14H,3,13H2,1-2H3,(H,20,21)/t14-/m0/s1. The number of hydrogen-bond acceptors (Lipinski definition) is 3. The molecular formula is C19H21NO3. The Balaban J connectivity index is 1.84. The SMILES string of the molecule is CC[C@H](C)c1ccc(NC(=O)COC(=O)c2ccccc2)cc1. The zero-order valence-corrected chi connectivity index (χ0v) is 13.4. The average molecular weight is 311 g/mol. The van der Waals surface area contributed by atoms with Crippen molar-refractivity contribution in [2.75, 3.05) is 11.9 Å². The first-order valence-corrected chi connectivity index (χ1v) is 7.72. The van der Waals surface area contributed by atoms with Crippen molar-refractivity contribution in [1.29, 1.82) is 0 Å². The molecule has 120 valence electrons. The van der Waals surface area contributed by atoms with E-state index >= 15 is 0 Å². The lowest BCUT2D eigenvalue weighted by Gasteiger charge is -2.10. The van der Waals surface area contributed by atoms with E-state index in [1.165, 1.54) is 5.56 Å². The monoisotopic (exact) mass is 311 g/mol. The fourth-order valence-electron chi connectivity index (χ4n) is 2.12. The molecule has 1 atom stereocenters. The molecule has 23 heavy (non-hydrogen) atoms. The van der Waals surface area contributed by atoms with Crippen molar-refractivity contribution in [3.8, 4) is 0 Å². The number of benzene rings is 2. The van der Waals surface area contributed by atoms with Gasteiger partial charge in [0.15, 0.2) is 6.61 Å². The Labute approximate surface area is 136 Å². The van der Waals surface area contributed by atoms with Crippen LogP contribution < -0.4 is 5.32 Å². The van der Waals surface area contributed by atoms with Crippen LogP contribution in [-0.4, -0.2) is 18.5 Å². The molecule has 0 aliphatic rings. The predicted octanol–water partition coefficient (Wildman–Crippen LogP) is 4.00. The summed E-state index contributed by atoms with van der Waals surface area (Å²) in [6, 6.07) is 16.3. The number of carbonyl (C=O) groups is 2. The first kappa shape index (κ1) is 16.7. The molecule has 0 aromatic heterocycles. The molecule has 2 aromatic carbocycles. The van der Waals surface area contributed by atoms with Gasteiger partial charge in [0.25, 0.3) is 5.91 Å². The van der Waals surface area contributed by atoms with Gasteiger partial charge in [0.2, 0.25) is 0 Å². The third kappa shape index (κ3) is 4.95. The van der Waals surface area contributed by atoms with E-state index in [4.69, 9.17) is 4.74 Å². The Morgan fingerprint density at radius 3 is 2.30 bits per heavy atom. The van der Waals surface area contributed by atoms with E-state index in [-0.39, 0.29) is 12.5 Å². The van der Waals surface area contributed by atoms with Crippen LogP contribution in [0.25, 0.3) is 0 Å². The van der Waals surface area contributed by atoms with E-state index in [9.17, 15) is 9.59 Å². The average Bonchev–Trinajstić information content (AvgIpc) is 2.60. The van der Waals surface area contributed by atoms with Gasteiger partial charge in [-0.05, 0) is 42.2 Å². The summed E-state index contributed by atoms with van der Waals surface area (Å²) in [5.41, 5.74) is 2.36. The van der Waals surface area contributed by atoms with Crippen LogP contribution in [0.4, 0.5) is 5.69 Å². The molecule has 0 aliphatic heterocycles. The second kappa shape index (κ2) is 8.13. The summed E-state index contributed by atoms with van der Waals surface area (Å²) in [7, 11) is 0. The Kier molecular flexibility index (Phi) is 5.92. The minimum atomic E-state index is -0.507. The van der Waals surface area contributed by atoms with Gasteiger partial charge < -0.3 is 10.1 Å². The van der Waals surface area contributed by atoms with Crippen LogP contribution in [0.3, 0.4) is 0 Å². The molecule has 0 saturated carbocycles. The fourth-order valence-corrected chi connectivity index (χ4v) is 2.12. The van der Waals surface area contributed by atoms with Crippen LogP contribution in [0.5, 0.6) is 0 Å². The highest BCUT2D eigenvalue weighted by molar-refractivity contribution is 5.95. The molecule has 0 fully saturated rings. The Morgan fingerprint density at radius 2 is 1.70 bits per heavy atom. The zero-order chi connectivity index (χ0) is 16.7. The van der Waals surface area contributed by atoms with Gasteiger partial charge in [0, 0.05) is 5.69 Å². The van der Waals surface area contributed by atoms with Gasteiger partial charge in [0.05, 0.1) is 5.56 Å². The highest BCUT2D eigenvalue weighted by Crippen LogP contribution is 2.20. The van der Waals surface area contributed by atoms with Crippen molar-refractivity contribution in [1.82, 2.24) is 0 Å². The van der Waals surface area contributed by atoms with Crippen molar-refractivity contribution in [3.63, 3.8) is 0 Å². The van der Waals surface area contributed by atoms with Crippen LogP contribution in [0.1, 0.15) is 42.1 Å². The Morgan fingerprint density at radius 1 is 1.04 bits per heavy atom. The molecule has 4 nitrogen and oxygen atoms in total. The van der Waals surface area contributed by atoms with Gasteiger partial charge in [0.1, 0.15) is 0 Å². The fraction of sp³-hybridized carbons (Fsp3) is 0.263. The maximum absolute atomic E-state index is 11.8. The molecular weight excluding hydrogens is 290 g/mol. The highest BCUT2D eigenvalue weighted by Gasteiger charge is 2.10. The third-order valence-electron chi connectivity index (χ3n) is 3.72. The summed E-state index contributed by atoms with van der Waals surface area (Å²) in [5.74, 6) is -0.370. The largest absolute Gasteiger partial charge is 0.452 e. The van der Waals surface area contributed by atoms with Gasteiger partial charge in [-0.25, -0.2) is 4.79 Å². The normalized spacial score (nSPS) is 11.6. The molecule has 0 aliphatic carbocycles. The molecule has 0 bridgehead atoms. The third-order valence-corrected chi connectivity index (χ3v) is 3.72. The number of carbonyl (C=O) groups excluding carboxylic acids is 2. The van der Waals surface area contributed by atoms with Crippen LogP contribution in [0.2, 0.25) is 0 Å². The maximum atomic E-state index is 11.8. The first-order valence-electron chi connectivity index (χ1n) is 7.72. The Bertz CT molecular complexity index is 650. The lowest BCUT2D eigenvalue weighted by atomic mass is 9.99. The number of ether oxygens (including phenoxy) is 1. The van der Waals surface area contributed by atoms with Crippen molar-refractivity contribution >= 4 is 17.6 Å². The predicted molar refractivity (Wildman–Crippen MR) is 90.5 cm³/mol. The lowest BCUT2D eigenvalue weighted by Crippen LogP contribution is -2.20. The van der Waals surface area contributed by atoms with Crippen LogP contribution in [-0.2, 0) is 9.53 Å². The smallest absolute Gasteiger partial charge is 0.338 e. The molecule has 0 heterocycles. The van der Waals surface area contributed by atoms with Gasteiger partial charge in [-0.1, -0.05) is 44.2 Å². The minimum absolute atomic E-state index is 0.305. The van der Waals surface area contributed by atoms with Crippen molar-refractivity contribution in [3.05, 3.63) is 65.7 Å². The molecule has 2 aromatic rings. The topological polar surface area (TPSA) is 55.4 Å². The summed E-state index contributed by atoms with van der Waals surface area (Å²) in [5, 5.41) is 2.72. The van der Waals surface area contributed by atoms with Gasteiger partial charge >= 0.3 is 5.97 Å². The van der Waals surface area contributed by atoms with E-state index in [2.05, 4.69) is 19.2 Å². The van der Waals surface area contributed by atoms with Gasteiger partial charge in [-0.3, -0.25) is 4.79 Å². The zero-order valence-electron chi connectivity index (χ0n) is 13.4. The summed E-state index contributed by atoms with van der Waals surface area (Å²) in [6.07, 6.45) is 1.07. The molecule has 2 rings (SSSR count). The lowest BCUT2D eigenvalue weighted by molar-refractivity contribution is -0.119. The Hall–Kier alpha value is -2.62. The number of esters is 1. The van der Waals surface area contributed by atoms with Gasteiger partial charge in [-0.15, -0.1) is 0 Å². The number of amides is 1. The molecule has 4 heteroatoms. The van der Waals surface area contributed by atoms with Crippen LogP contribution in [0, 0.1) is 0 Å². The second-order valence-corrected chi connectivity index (χ2v) is 5.42. The molecule has 0 saturated heterocycles. The number of anilines is 1. The van der Waals surface area contributed by atoms with E-state index in [1.807, 2.05) is 30.3 Å². The summed E-state index contributed by atoms with van der Waals surface area (Å²) >= 11 is 0. The van der Waals surface area contributed by atoms with Crippen molar-refractivity contribution in [2.45, 2.75) is 26.2 Å². The van der Waals surface area contributed by atoms with Crippen molar-refractivity contribution in [2.24, 2.45) is 0 Å². The van der Waals surface area contributed by atoms with E-state index < -0.39 is 5.97 Å². The van der Waals surface area contributed by atoms with E-state index in [1.54, 1.807) is 24.3 Å². The van der Waals surface area contributed by atoms with Gasteiger partial charge in [-0.2, -0.15) is 0 Å². The summed E-state index contributed by atoms with van der Waals surface area (Å²) in [4.78, 5) is 23.6. The second-order valence-electron chi connectivity index (χ2n) is 5.42. The number of rotatable bonds is 6. The first-order chi connectivity index (χ1) is 11.1. The molecule has 0 radical (unpaired) electrons. The maximum Gasteiger partial charge on any atom is 0.338 e. The van der Waals surface area contributed by atoms with E-state index in [0.29, 0.717) is 17.2 Å². The van der Waals surface area contributed by atoms with Crippen LogP contribution >= 0.6 is 0 Å². The summed E-state index contributed by atoms with van der Waals surface area (Å²) < 4.78 is 4.99. The molecule has 1 N–H and O–H groups in total. The number of nitrogens with one attached hydrogen (secondary N) is 1. The van der Waals surface area contributed by atoms with E-state index in [0.717, 1.165) is 6.42 Å². The van der Waals surface area contributed by atoms with Crippen molar-refractivity contribution < 1.29 is 14.3 Å². The quantitative estimate of drug-likeness (QED) is 0.821. The summed E-state index contributed by atoms with van der Waals surface area (Å²) in [6.45, 7) is 4.00. The van der Waals surface area contributed by atoms with Crippen LogP contribution in [0.15, 0.2) is 54.6 Å². The molecule has 1 amide bonds. The highest BCUT2D eigenvalue weighted by atomic mass is 16.5. The molecule has 0 unspecified atom stereocenters.